The number of hydrogen-bond donors (Lipinski definition) is 0. The summed E-state index contributed by atoms with van der Waals surface area (Å²) in [6.45, 7) is 1.06. The molecule has 0 heterocycles. The molecule has 4 rings (SSSR count). The number of benzene rings is 4. The normalized spacial score (nSPS) is 8.86. The maximum atomic E-state index is 6.43. The van der Waals surface area contributed by atoms with Crippen molar-refractivity contribution in [3.05, 3.63) is 133 Å². The molecule has 0 aromatic heterocycles. The molecule has 0 aliphatic carbocycles. The second kappa shape index (κ2) is 25.9. The quantitative estimate of drug-likeness (QED) is 0.158. The van der Waals surface area contributed by atoms with E-state index in [1.807, 2.05) is 24.3 Å². The van der Waals surface area contributed by atoms with Crippen molar-refractivity contribution in [2.45, 2.75) is 0 Å². The van der Waals surface area contributed by atoms with E-state index in [-0.39, 0.29) is 18.0 Å². The van der Waals surface area contributed by atoms with Crippen molar-refractivity contribution in [1.29, 1.82) is 0 Å². The third-order valence-corrected chi connectivity index (χ3v) is 4.63. The van der Waals surface area contributed by atoms with E-state index in [1.54, 1.807) is 0 Å². The van der Waals surface area contributed by atoms with E-state index < -0.39 is 0 Å². The van der Waals surface area contributed by atoms with Crippen molar-refractivity contribution in [2.75, 3.05) is 25.4 Å². The van der Waals surface area contributed by atoms with Crippen LogP contribution in [0.25, 0.3) is 33.7 Å². The van der Waals surface area contributed by atoms with Crippen LogP contribution >= 0.6 is 37.9 Å². The maximum Gasteiger partial charge on any atom is 0 e. The van der Waals surface area contributed by atoms with E-state index in [1.165, 1.54) is 22.3 Å². The topological polar surface area (TPSA) is 47.6 Å². The Bertz CT molecular complexity index is 789. The molecular formula is C28H38Cl2N2P2Ru. The fourth-order valence-electron chi connectivity index (χ4n) is 2.52. The Kier molecular flexibility index (Phi) is 25.1. The first-order chi connectivity index (χ1) is 17.2. The molecule has 0 radical (unpaired) electrons. The van der Waals surface area contributed by atoms with Gasteiger partial charge in [0.15, 0.2) is 0 Å². The average molecular weight is 637 g/mol. The van der Waals surface area contributed by atoms with Crippen LogP contribution < -0.4 is 0 Å². The Balaban J connectivity index is -0.000000435. The van der Waals surface area contributed by atoms with Gasteiger partial charge in [0, 0.05) is 2.85 Å². The summed E-state index contributed by atoms with van der Waals surface area (Å²) < 4.78 is 0. The van der Waals surface area contributed by atoms with Crippen LogP contribution in [0.3, 0.4) is 0 Å². The van der Waals surface area contributed by atoms with E-state index >= 15 is 0 Å². The monoisotopic (exact) mass is 636 g/mol. The number of nitrogens with one attached hydrogen (secondary N) is 2. The van der Waals surface area contributed by atoms with Gasteiger partial charge in [-0.3, -0.25) is 0 Å². The summed E-state index contributed by atoms with van der Waals surface area (Å²) >= 11 is -0.346. The fourth-order valence-corrected chi connectivity index (χ4v) is 2.52. The van der Waals surface area contributed by atoms with E-state index in [2.05, 4.69) is 116 Å². The second-order valence-corrected chi connectivity index (χ2v) is 10.4. The second-order valence-electron chi connectivity index (χ2n) is 6.59. The smallest absolute Gasteiger partial charge is 0 e. The van der Waals surface area contributed by atoms with Gasteiger partial charge in [-0.1, -0.05) is 134 Å². The summed E-state index contributed by atoms with van der Waals surface area (Å²) in [4.78, 5) is 0. The summed E-state index contributed by atoms with van der Waals surface area (Å²) in [5.74, 6) is 0. The molecule has 0 fully saturated rings. The Hall–Kier alpha value is -1.14. The Labute approximate surface area is 235 Å². The molecule has 0 aliphatic heterocycles. The molecule has 0 saturated carbocycles. The van der Waals surface area contributed by atoms with E-state index in [0.29, 0.717) is 13.1 Å². The van der Waals surface area contributed by atoms with Gasteiger partial charge in [-0.05, 0) is 22.3 Å². The number of hydrogen-bond acceptors (Lipinski definition) is 0. The standard InChI is InChI=1S/2C12H10.2C2H7NP.2ClH.Ru.2H2/c2*1-3-7-11(8-4-1)12-9-5-2-6-10-12;2*3-1-2-4;;;;;/h2*1-10H;2*3H,1-2,4H2;2*1H;;2*1H/q;;2*-1;;;+4;;/p-2. The van der Waals surface area contributed by atoms with Gasteiger partial charge in [-0.2, -0.15) is 0 Å². The van der Waals surface area contributed by atoms with Crippen molar-refractivity contribution in [3.8, 4) is 22.3 Å². The molecule has 35 heavy (non-hydrogen) atoms. The maximum absolute atomic E-state index is 6.43. The molecule has 4 aromatic rings. The van der Waals surface area contributed by atoms with Crippen molar-refractivity contribution in [2.24, 2.45) is 0 Å². The van der Waals surface area contributed by atoms with Crippen molar-refractivity contribution in [1.82, 2.24) is 0 Å². The molecule has 7 heteroatoms. The first kappa shape index (κ1) is 33.9. The van der Waals surface area contributed by atoms with Gasteiger partial charge in [0.25, 0.3) is 0 Å². The van der Waals surface area contributed by atoms with Crippen molar-refractivity contribution < 1.29 is 18.0 Å². The van der Waals surface area contributed by atoms with Gasteiger partial charge in [-0.25, -0.2) is 0 Å². The Morgan fingerprint density at radius 2 is 0.629 bits per heavy atom. The molecule has 0 bridgehead atoms. The van der Waals surface area contributed by atoms with Crippen LogP contribution in [0.1, 0.15) is 2.85 Å². The molecule has 0 saturated heterocycles. The third kappa shape index (κ3) is 18.7. The molecule has 0 spiro atoms. The Morgan fingerprint density at radius 3 is 0.743 bits per heavy atom. The van der Waals surface area contributed by atoms with E-state index in [0.717, 1.165) is 12.3 Å². The molecular weight excluding hydrogens is 598 g/mol. The van der Waals surface area contributed by atoms with Gasteiger partial charge in [-0.15, -0.1) is 31.6 Å². The van der Waals surface area contributed by atoms with Crippen LogP contribution in [-0.2, 0) is 15.1 Å². The third-order valence-electron chi connectivity index (χ3n) is 4.05. The van der Waals surface area contributed by atoms with Crippen LogP contribution in [0.15, 0.2) is 121 Å². The van der Waals surface area contributed by atoms with Crippen molar-refractivity contribution in [3.63, 3.8) is 0 Å². The summed E-state index contributed by atoms with van der Waals surface area (Å²) in [5.41, 5.74) is 18.0. The minimum Gasteiger partial charge on any atom is -0.677 e. The van der Waals surface area contributed by atoms with Gasteiger partial charge in [0.05, 0.1) is 0 Å². The molecule has 2 N–H and O–H groups in total. The summed E-state index contributed by atoms with van der Waals surface area (Å²) in [7, 11) is 14.6. The molecule has 2 nitrogen and oxygen atoms in total. The zero-order valence-corrected chi connectivity index (χ0v) is 25.2. The molecule has 4 aromatic carbocycles. The predicted octanol–water partition coefficient (Wildman–Crippen LogP) is 10.4. The van der Waals surface area contributed by atoms with Gasteiger partial charge < -0.3 is 11.5 Å². The minimum absolute atomic E-state index is 0. The van der Waals surface area contributed by atoms with Crippen molar-refractivity contribution >= 4 is 37.9 Å². The van der Waals surface area contributed by atoms with E-state index in [9.17, 15) is 0 Å². The fraction of sp³-hybridized carbons (Fsp3) is 0.143. The molecule has 192 valence electrons. The number of rotatable bonds is 4. The average Bonchev–Trinajstić information content (AvgIpc) is 2.96. The minimum atomic E-state index is -0.346. The molecule has 2 unspecified atom stereocenters. The molecule has 0 aliphatic rings. The zero-order chi connectivity index (χ0) is 26.0. The zero-order valence-electron chi connectivity index (χ0n) is 19.6. The van der Waals surface area contributed by atoms with Crippen LogP contribution in [0.2, 0.25) is 0 Å². The van der Waals surface area contributed by atoms with Crippen LogP contribution in [-0.4, -0.2) is 25.4 Å². The first-order valence-electron chi connectivity index (χ1n) is 10.9. The van der Waals surface area contributed by atoms with E-state index in [4.69, 9.17) is 30.8 Å². The summed E-state index contributed by atoms with van der Waals surface area (Å²) in [5, 5.41) is 0. The predicted molar refractivity (Wildman–Crippen MR) is 167 cm³/mol. The SMILES string of the molecule is [Cl][Ru+2][Cl].[HH].[HH].[NH-]CCP.[NH-]CCP.c1ccc(-c2ccccc2)cc1.c1ccc(-c2ccccc2)cc1. The Morgan fingerprint density at radius 1 is 0.486 bits per heavy atom. The van der Waals surface area contributed by atoms with Crippen LogP contribution in [0.4, 0.5) is 0 Å². The van der Waals surface area contributed by atoms with Crippen LogP contribution in [0.5, 0.6) is 0 Å². The summed E-state index contributed by atoms with van der Waals surface area (Å²) in [6, 6.07) is 41.6. The molecule has 0 amide bonds. The first-order valence-corrected chi connectivity index (χ1v) is 17.0. The molecule has 2 atom stereocenters. The van der Waals surface area contributed by atoms with Gasteiger partial charge in [0.1, 0.15) is 0 Å². The van der Waals surface area contributed by atoms with Gasteiger partial charge in [0.2, 0.25) is 0 Å². The van der Waals surface area contributed by atoms with Gasteiger partial charge >= 0.3 is 34.5 Å². The largest absolute Gasteiger partial charge is 0.677 e. The number of halogens is 2. The summed E-state index contributed by atoms with van der Waals surface area (Å²) in [6.07, 6.45) is 1.81. The van der Waals surface area contributed by atoms with Crippen LogP contribution in [0, 0.1) is 0 Å².